The monoisotopic (exact) mass is 307 g/mol. The number of amides is 1. The fourth-order valence-corrected chi connectivity index (χ4v) is 1.92. The minimum atomic E-state index is -0.197. The van der Waals surface area contributed by atoms with Crippen LogP contribution in [0.15, 0.2) is 30.5 Å². The molecule has 2 rings (SSSR count). The number of aryl methyl sites for hydroxylation is 1. The van der Waals surface area contributed by atoms with Gasteiger partial charge in [-0.15, -0.1) is 0 Å². The Morgan fingerprint density at radius 2 is 2.19 bits per heavy atom. The van der Waals surface area contributed by atoms with E-state index in [0.717, 1.165) is 5.56 Å². The molecule has 0 spiro atoms. The van der Waals surface area contributed by atoms with Gasteiger partial charge in [-0.05, 0) is 44.5 Å². The van der Waals surface area contributed by atoms with E-state index in [2.05, 4.69) is 10.4 Å². The number of benzene rings is 1. The summed E-state index contributed by atoms with van der Waals surface area (Å²) in [5.41, 5.74) is 1.43. The first kappa shape index (κ1) is 15.4. The van der Waals surface area contributed by atoms with Gasteiger partial charge in [0.25, 0.3) is 5.91 Å². The summed E-state index contributed by atoms with van der Waals surface area (Å²) in [7, 11) is 0. The third kappa shape index (κ3) is 4.23. The van der Waals surface area contributed by atoms with Crippen LogP contribution in [0.4, 0.5) is 0 Å². The lowest BCUT2D eigenvalue weighted by atomic mass is 10.2. The number of aromatic nitrogens is 2. The maximum Gasteiger partial charge on any atom is 0.271 e. The van der Waals surface area contributed by atoms with Crippen molar-refractivity contribution >= 4 is 17.5 Å². The Kier molecular flexibility index (Phi) is 4.85. The lowest BCUT2D eigenvalue weighted by Crippen LogP contribution is -2.30. The second kappa shape index (κ2) is 6.63. The zero-order valence-corrected chi connectivity index (χ0v) is 13.0. The number of nitrogens with one attached hydrogen (secondary N) is 1. The van der Waals surface area contributed by atoms with Crippen molar-refractivity contribution in [2.45, 2.75) is 33.5 Å². The lowest BCUT2D eigenvalue weighted by molar-refractivity contribution is 0.0936. The number of halogens is 1. The molecule has 0 fully saturated rings. The van der Waals surface area contributed by atoms with E-state index in [9.17, 15) is 4.79 Å². The number of ether oxygens (including phenoxy) is 1. The van der Waals surface area contributed by atoms with E-state index in [4.69, 9.17) is 16.3 Å². The molecule has 5 nitrogen and oxygen atoms in total. The maximum atomic E-state index is 11.8. The minimum Gasteiger partial charge on any atom is -0.470 e. The molecule has 112 valence electrons. The standard InChI is InChI=1S/C15H18ClN3O2/c1-10(2)17-15(20)13-6-7-19(18-13)9-21-14-8-11(3)4-5-12(14)16/h4-8,10H,9H2,1-3H3,(H,17,20). The number of carbonyl (C=O) groups excluding carboxylic acids is 1. The molecule has 2 aromatic rings. The molecule has 1 heterocycles. The molecule has 0 aliphatic carbocycles. The van der Waals surface area contributed by atoms with Gasteiger partial charge in [0.05, 0.1) is 5.02 Å². The first-order valence-electron chi connectivity index (χ1n) is 6.69. The van der Waals surface area contributed by atoms with Gasteiger partial charge < -0.3 is 10.1 Å². The molecule has 0 unspecified atom stereocenters. The molecule has 0 radical (unpaired) electrons. The van der Waals surface area contributed by atoms with Crippen LogP contribution in [0.1, 0.15) is 29.9 Å². The average molecular weight is 308 g/mol. The van der Waals surface area contributed by atoms with Gasteiger partial charge in [-0.25, -0.2) is 4.68 Å². The third-order valence-corrected chi connectivity index (χ3v) is 3.04. The Hall–Kier alpha value is -2.01. The van der Waals surface area contributed by atoms with Crippen LogP contribution >= 0.6 is 11.6 Å². The van der Waals surface area contributed by atoms with E-state index in [1.807, 2.05) is 32.9 Å². The first-order chi connectivity index (χ1) is 9.95. The van der Waals surface area contributed by atoms with Crippen LogP contribution in [0.2, 0.25) is 5.02 Å². The van der Waals surface area contributed by atoms with Crippen molar-refractivity contribution < 1.29 is 9.53 Å². The highest BCUT2D eigenvalue weighted by Gasteiger charge is 2.10. The lowest BCUT2D eigenvalue weighted by Gasteiger charge is -2.09. The molecule has 0 aliphatic heterocycles. The van der Waals surface area contributed by atoms with Crippen LogP contribution < -0.4 is 10.1 Å². The highest BCUT2D eigenvalue weighted by molar-refractivity contribution is 6.32. The van der Waals surface area contributed by atoms with Crippen LogP contribution in [0.5, 0.6) is 5.75 Å². The Balaban J connectivity index is 2.00. The molecular formula is C15H18ClN3O2. The van der Waals surface area contributed by atoms with Crippen molar-refractivity contribution in [2.24, 2.45) is 0 Å². The summed E-state index contributed by atoms with van der Waals surface area (Å²) in [5, 5.41) is 7.50. The molecule has 0 saturated heterocycles. The molecule has 21 heavy (non-hydrogen) atoms. The van der Waals surface area contributed by atoms with Crippen LogP contribution in [-0.4, -0.2) is 21.7 Å². The second-order valence-corrected chi connectivity index (χ2v) is 5.48. The van der Waals surface area contributed by atoms with E-state index in [1.165, 1.54) is 0 Å². The van der Waals surface area contributed by atoms with Gasteiger partial charge in [0, 0.05) is 12.2 Å². The summed E-state index contributed by atoms with van der Waals surface area (Å²) >= 11 is 6.06. The summed E-state index contributed by atoms with van der Waals surface area (Å²) in [6.07, 6.45) is 1.69. The van der Waals surface area contributed by atoms with Crippen molar-refractivity contribution in [2.75, 3.05) is 0 Å². The van der Waals surface area contributed by atoms with Crippen LogP contribution in [0, 0.1) is 6.92 Å². The van der Waals surface area contributed by atoms with Crippen molar-refractivity contribution in [1.29, 1.82) is 0 Å². The summed E-state index contributed by atoms with van der Waals surface area (Å²) in [6.45, 7) is 5.96. The zero-order chi connectivity index (χ0) is 15.4. The van der Waals surface area contributed by atoms with Gasteiger partial charge >= 0.3 is 0 Å². The SMILES string of the molecule is Cc1ccc(Cl)c(OCn2ccc(C(=O)NC(C)C)n2)c1. The van der Waals surface area contributed by atoms with Gasteiger partial charge in [0.1, 0.15) is 11.4 Å². The molecule has 0 aliphatic rings. The molecule has 0 bridgehead atoms. The van der Waals surface area contributed by atoms with Gasteiger partial charge in [-0.3, -0.25) is 4.79 Å². The topological polar surface area (TPSA) is 56.1 Å². The fraction of sp³-hybridized carbons (Fsp3) is 0.333. The number of carbonyl (C=O) groups is 1. The molecule has 0 atom stereocenters. The van der Waals surface area contributed by atoms with Gasteiger partial charge in [-0.1, -0.05) is 17.7 Å². The summed E-state index contributed by atoms with van der Waals surface area (Å²) in [6, 6.07) is 7.29. The molecule has 0 saturated carbocycles. The normalized spacial score (nSPS) is 10.7. The average Bonchev–Trinajstić information content (AvgIpc) is 2.88. The van der Waals surface area contributed by atoms with Crippen molar-refractivity contribution in [3.63, 3.8) is 0 Å². The van der Waals surface area contributed by atoms with Gasteiger partial charge in [0.2, 0.25) is 0 Å². The fourth-order valence-electron chi connectivity index (χ4n) is 1.75. The van der Waals surface area contributed by atoms with E-state index in [1.54, 1.807) is 23.0 Å². The van der Waals surface area contributed by atoms with E-state index < -0.39 is 0 Å². The Morgan fingerprint density at radius 3 is 2.90 bits per heavy atom. The Labute approximate surface area is 128 Å². The molecular weight excluding hydrogens is 290 g/mol. The molecule has 1 aromatic carbocycles. The van der Waals surface area contributed by atoms with Crippen LogP contribution in [-0.2, 0) is 6.73 Å². The summed E-state index contributed by atoms with van der Waals surface area (Å²) in [4.78, 5) is 11.8. The third-order valence-electron chi connectivity index (χ3n) is 2.73. The number of hydrogen-bond donors (Lipinski definition) is 1. The highest BCUT2D eigenvalue weighted by Crippen LogP contribution is 2.25. The van der Waals surface area contributed by atoms with Crippen molar-refractivity contribution in [3.8, 4) is 5.75 Å². The van der Waals surface area contributed by atoms with E-state index >= 15 is 0 Å². The van der Waals surface area contributed by atoms with Gasteiger partial charge in [0.15, 0.2) is 6.73 Å². The van der Waals surface area contributed by atoms with Gasteiger partial charge in [-0.2, -0.15) is 5.10 Å². The number of hydrogen-bond acceptors (Lipinski definition) is 3. The van der Waals surface area contributed by atoms with E-state index in [-0.39, 0.29) is 18.7 Å². The zero-order valence-electron chi connectivity index (χ0n) is 12.3. The number of rotatable bonds is 5. The largest absolute Gasteiger partial charge is 0.470 e. The van der Waals surface area contributed by atoms with E-state index in [0.29, 0.717) is 16.5 Å². The smallest absolute Gasteiger partial charge is 0.271 e. The molecule has 1 aromatic heterocycles. The quantitative estimate of drug-likeness (QED) is 0.924. The Morgan fingerprint density at radius 1 is 1.43 bits per heavy atom. The van der Waals surface area contributed by atoms with Crippen molar-refractivity contribution in [3.05, 3.63) is 46.7 Å². The predicted octanol–water partition coefficient (Wildman–Crippen LogP) is 3.02. The summed E-state index contributed by atoms with van der Waals surface area (Å²) in [5.74, 6) is 0.401. The van der Waals surface area contributed by atoms with Crippen LogP contribution in [0.3, 0.4) is 0 Å². The number of nitrogens with zero attached hydrogens (tertiary/aromatic N) is 2. The highest BCUT2D eigenvalue weighted by atomic mass is 35.5. The second-order valence-electron chi connectivity index (χ2n) is 5.08. The van der Waals surface area contributed by atoms with Crippen LogP contribution in [0.25, 0.3) is 0 Å². The first-order valence-corrected chi connectivity index (χ1v) is 7.07. The molecule has 6 heteroatoms. The predicted molar refractivity (Wildman–Crippen MR) is 81.6 cm³/mol. The summed E-state index contributed by atoms with van der Waals surface area (Å²) < 4.78 is 7.16. The maximum absolute atomic E-state index is 11.8. The minimum absolute atomic E-state index is 0.0741. The molecule has 1 N–H and O–H groups in total. The molecule has 1 amide bonds. The Bertz CT molecular complexity index is 638. The van der Waals surface area contributed by atoms with Crippen molar-refractivity contribution in [1.82, 2.24) is 15.1 Å².